The molecule has 7 rings (SSSR count). The number of anilines is 2. The van der Waals surface area contributed by atoms with Crippen LogP contribution in [0.4, 0.5) is 11.5 Å². The van der Waals surface area contributed by atoms with E-state index in [-0.39, 0.29) is 18.0 Å². The van der Waals surface area contributed by atoms with Gasteiger partial charge in [-0.15, -0.1) is 0 Å². The molecule has 4 aliphatic rings. The topological polar surface area (TPSA) is 71.0 Å². The number of benzene rings is 2. The van der Waals surface area contributed by atoms with Crippen molar-refractivity contribution in [2.24, 2.45) is 5.92 Å². The number of halogens is 1. The van der Waals surface area contributed by atoms with Gasteiger partial charge in [0.25, 0.3) is 0 Å². The molecule has 2 aromatic carbocycles. The average Bonchev–Trinajstić information content (AvgIpc) is 3.35. The molecule has 8 nitrogen and oxygen atoms in total. The second-order valence-electron chi connectivity index (χ2n) is 10.9. The summed E-state index contributed by atoms with van der Waals surface area (Å²) in [5.41, 5.74) is 3.26. The molecule has 3 aromatic rings. The predicted molar refractivity (Wildman–Crippen MR) is 147 cm³/mol. The number of hydrogen-bond donors (Lipinski definition) is 0. The molecule has 3 atom stereocenters. The van der Waals surface area contributed by atoms with Crippen LogP contribution < -0.4 is 14.5 Å². The van der Waals surface area contributed by atoms with Crippen molar-refractivity contribution in [3.8, 4) is 6.01 Å². The second-order valence-corrected chi connectivity index (χ2v) is 11.4. The zero-order valence-corrected chi connectivity index (χ0v) is 22.4. The van der Waals surface area contributed by atoms with Crippen molar-refractivity contribution in [2.45, 2.75) is 44.4 Å². The Labute approximate surface area is 227 Å². The molecule has 3 fully saturated rings. The molecule has 0 N–H and O–H groups in total. The first kappa shape index (κ1) is 24.0. The van der Waals surface area contributed by atoms with E-state index < -0.39 is 0 Å². The van der Waals surface area contributed by atoms with E-state index in [0.717, 1.165) is 77.5 Å². The van der Waals surface area contributed by atoms with Gasteiger partial charge in [-0.2, -0.15) is 9.97 Å². The van der Waals surface area contributed by atoms with Gasteiger partial charge in [-0.25, -0.2) is 0 Å². The van der Waals surface area contributed by atoms with E-state index in [4.69, 9.17) is 31.0 Å². The summed E-state index contributed by atoms with van der Waals surface area (Å²) in [6, 6.07) is 13.2. The first-order chi connectivity index (χ1) is 18.5. The molecule has 0 spiro atoms. The number of hydrogen-bond acceptors (Lipinski definition) is 8. The van der Waals surface area contributed by atoms with Gasteiger partial charge < -0.3 is 24.2 Å². The zero-order valence-electron chi connectivity index (χ0n) is 21.6. The highest BCUT2D eigenvalue weighted by Gasteiger charge is 2.46. The molecule has 0 amide bonds. The summed E-state index contributed by atoms with van der Waals surface area (Å²) < 4.78 is 11.6. The van der Waals surface area contributed by atoms with Crippen molar-refractivity contribution in [3.05, 3.63) is 52.7 Å². The molecule has 0 bridgehead atoms. The first-order valence-electron chi connectivity index (χ1n) is 13.7. The maximum Gasteiger partial charge on any atom is 0.318 e. The fraction of sp³-hybridized carbons (Fsp3) is 0.483. The standard InChI is InChI=1S/C29H32ClN5O3/c1-33-12-4-7-19(33)17-37-29-31-23-16-34(24-9-3-6-18-5-2-8-22(30)26(18)24)13-10-20(23)27(32-29)35-14-11-25-21(15-35)28(36)38-25/h2-3,5-6,8-9,19,21,25H,4,7,10-17H2,1H3/t19-,21?,25?/m1/s1. The van der Waals surface area contributed by atoms with Gasteiger partial charge in [0, 0.05) is 48.7 Å². The number of rotatable bonds is 5. The van der Waals surface area contributed by atoms with Gasteiger partial charge >= 0.3 is 12.0 Å². The molecular weight excluding hydrogens is 502 g/mol. The fourth-order valence-corrected chi connectivity index (χ4v) is 6.75. The summed E-state index contributed by atoms with van der Waals surface area (Å²) in [7, 11) is 2.15. The molecule has 2 unspecified atom stereocenters. The number of likely N-dealkylation sites (N-methyl/N-ethyl adjacent to an activating group) is 1. The number of carbonyl (C=O) groups is 1. The van der Waals surface area contributed by atoms with Gasteiger partial charge in [0.1, 0.15) is 24.4 Å². The van der Waals surface area contributed by atoms with E-state index in [2.05, 4.69) is 46.0 Å². The lowest BCUT2D eigenvalue weighted by Crippen LogP contribution is -2.56. The summed E-state index contributed by atoms with van der Waals surface area (Å²) in [5, 5.41) is 2.96. The Morgan fingerprint density at radius 3 is 2.76 bits per heavy atom. The van der Waals surface area contributed by atoms with Crippen molar-refractivity contribution in [3.63, 3.8) is 0 Å². The molecular formula is C29H32ClN5O3. The Balaban J connectivity index is 1.22. The Kier molecular flexibility index (Phi) is 6.04. The SMILES string of the molecule is CN1CCC[C@@H]1COc1nc2c(c(N3CCC4OC(=O)C4C3)n1)CCN(c1cccc3cccc(Cl)c13)C2. The first-order valence-corrected chi connectivity index (χ1v) is 14.0. The van der Waals surface area contributed by atoms with Crippen molar-refractivity contribution < 1.29 is 14.3 Å². The lowest BCUT2D eigenvalue weighted by Gasteiger charge is -2.44. The minimum Gasteiger partial charge on any atom is -0.462 e. The number of likely N-dealkylation sites (tertiary alicyclic amines) is 1. The van der Waals surface area contributed by atoms with Crippen molar-refractivity contribution in [1.29, 1.82) is 0 Å². The van der Waals surface area contributed by atoms with Crippen molar-refractivity contribution >= 4 is 39.8 Å². The van der Waals surface area contributed by atoms with E-state index in [9.17, 15) is 4.79 Å². The minimum atomic E-state index is -0.0950. The van der Waals surface area contributed by atoms with Crippen LogP contribution in [0.1, 0.15) is 30.5 Å². The van der Waals surface area contributed by atoms with Crippen molar-refractivity contribution in [1.82, 2.24) is 14.9 Å². The van der Waals surface area contributed by atoms with Crippen LogP contribution in [0, 0.1) is 5.92 Å². The highest BCUT2D eigenvalue weighted by Crippen LogP contribution is 2.39. The maximum absolute atomic E-state index is 12.1. The van der Waals surface area contributed by atoms with Gasteiger partial charge in [0.05, 0.1) is 17.3 Å². The maximum atomic E-state index is 12.1. The third-order valence-corrected chi connectivity index (χ3v) is 9.01. The van der Waals surface area contributed by atoms with Crippen LogP contribution in [-0.4, -0.2) is 72.8 Å². The molecule has 38 heavy (non-hydrogen) atoms. The second kappa shape index (κ2) is 9.58. The Hall–Kier alpha value is -3.10. The molecule has 4 aliphatic heterocycles. The summed E-state index contributed by atoms with van der Waals surface area (Å²) in [6.45, 7) is 4.61. The van der Waals surface area contributed by atoms with E-state index in [0.29, 0.717) is 31.7 Å². The minimum absolute atomic E-state index is 0.0524. The monoisotopic (exact) mass is 533 g/mol. The van der Waals surface area contributed by atoms with E-state index in [1.54, 1.807) is 0 Å². The number of ether oxygens (including phenoxy) is 2. The van der Waals surface area contributed by atoms with Crippen LogP contribution in [0.3, 0.4) is 0 Å². The van der Waals surface area contributed by atoms with Gasteiger partial charge in [-0.3, -0.25) is 4.79 Å². The summed E-state index contributed by atoms with van der Waals surface area (Å²) >= 11 is 6.67. The summed E-state index contributed by atoms with van der Waals surface area (Å²) in [4.78, 5) is 28.9. The number of aromatic nitrogens is 2. The molecule has 1 aromatic heterocycles. The highest BCUT2D eigenvalue weighted by atomic mass is 35.5. The molecule has 198 valence electrons. The number of carbonyl (C=O) groups excluding carboxylic acids is 1. The molecule has 0 radical (unpaired) electrons. The fourth-order valence-electron chi connectivity index (χ4n) is 6.48. The lowest BCUT2D eigenvalue weighted by atomic mass is 9.89. The van der Waals surface area contributed by atoms with Crippen LogP contribution in [0.2, 0.25) is 5.02 Å². The number of fused-ring (bicyclic) bond motifs is 3. The third-order valence-electron chi connectivity index (χ3n) is 8.69. The number of piperidine rings is 1. The van der Waals surface area contributed by atoms with Gasteiger partial charge in [-0.05, 0) is 50.4 Å². The largest absolute Gasteiger partial charge is 0.462 e. The molecule has 9 heteroatoms. The Morgan fingerprint density at radius 2 is 1.95 bits per heavy atom. The number of esters is 1. The third kappa shape index (κ3) is 4.14. The molecule has 0 aliphatic carbocycles. The molecule has 5 heterocycles. The summed E-state index contributed by atoms with van der Waals surface area (Å²) in [5.74, 6) is 0.754. The van der Waals surface area contributed by atoms with Crippen LogP contribution in [0.5, 0.6) is 6.01 Å². The Bertz CT molecular complexity index is 1390. The van der Waals surface area contributed by atoms with Gasteiger partial charge in [-0.1, -0.05) is 35.9 Å². The molecule has 3 saturated heterocycles. The Morgan fingerprint density at radius 1 is 1.08 bits per heavy atom. The normalized spacial score (nSPS) is 25.1. The van der Waals surface area contributed by atoms with Crippen molar-refractivity contribution in [2.75, 3.05) is 49.6 Å². The average molecular weight is 534 g/mol. The van der Waals surface area contributed by atoms with Crippen LogP contribution >= 0.6 is 11.6 Å². The van der Waals surface area contributed by atoms with E-state index >= 15 is 0 Å². The number of nitrogens with zero attached hydrogens (tertiary/aromatic N) is 5. The van der Waals surface area contributed by atoms with E-state index in [1.807, 2.05) is 12.1 Å². The summed E-state index contributed by atoms with van der Waals surface area (Å²) in [6.07, 6.45) is 4.01. The zero-order chi connectivity index (χ0) is 25.8. The lowest BCUT2D eigenvalue weighted by molar-refractivity contribution is -0.185. The molecule has 0 saturated carbocycles. The van der Waals surface area contributed by atoms with Crippen LogP contribution in [0.15, 0.2) is 36.4 Å². The predicted octanol–water partition coefficient (Wildman–Crippen LogP) is 4.07. The quantitative estimate of drug-likeness (QED) is 0.455. The van der Waals surface area contributed by atoms with Gasteiger partial charge in [0.2, 0.25) is 0 Å². The highest BCUT2D eigenvalue weighted by molar-refractivity contribution is 6.36. The van der Waals surface area contributed by atoms with Crippen LogP contribution in [0.25, 0.3) is 10.8 Å². The van der Waals surface area contributed by atoms with E-state index in [1.165, 1.54) is 6.42 Å². The smallest absolute Gasteiger partial charge is 0.318 e. The van der Waals surface area contributed by atoms with Gasteiger partial charge in [0.15, 0.2) is 0 Å². The van der Waals surface area contributed by atoms with Crippen LogP contribution in [-0.2, 0) is 22.5 Å².